The Labute approximate surface area is 180 Å². The number of sulfonamides is 1. The summed E-state index contributed by atoms with van der Waals surface area (Å²) in [6.07, 6.45) is 4.94. The van der Waals surface area contributed by atoms with Gasteiger partial charge in [0.05, 0.1) is 11.8 Å². The number of nitrogens with zero attached hydrogens (tertiary/aromatic N) is 3. The molecule has 1 aromatic carbocycles. The number of hydrogen-bond donors (Lipinski definition) is 0. The van der Waals surface area contributed by atoms with Crippen LogP contribution in [0.3, 0.4) is 0 Å². The van der Waals surface area contributed by atoms with Crippen molar-refractivity contribution in [2.45, 2.75) is 24.2 Å². The average molecular weight is 450 g/mol. The second-order valence-electron chi connectivity index (χ2n) is 7.95. The van der Waals surface area contributed by atoms with Crippen LogP contribution >= 0.6 is 0 Å². The van der Waals surface area contributed by atoms with Gasteiger partial charge >= 0.3 is 0 Å². The fourth-order valence-corrected chi connectivity index (χ4v) is 5.91. The molecule has 3 amide bonds. The summed E-state index contributed by atoms with van der Waals surface area (Å²) in [5.74, 6) is -2.12. The van der Waals surface area contributed by atoms with Crippen molar-refractivity contribution in [2.24, 2.45) is 11.8 Å². The number of benzene rings is 1. The normalized spacial score (nSPS) is 24.5. The van der Waals surface area contributed by atoms with Gasteiger partial charge in [-0.05, 0) is 25.0 Å². The third-order valence-electron chi connectivity index (χ3n) is 6.19. The number of carbonyl (C=O) groups is 3. The van der Waals surface area contributed by atoms with Gasteiger partial charge in [-0.3, -0.25) is 19.3 Å². The number of imide groups is 1. The predicted octanol–water partition coefficient (Wildman–Crippen LogP) is 1.000. The zero-order valence-electron chi connectivity index (χ0n) is 16.9. The summed E-state index contributed by atoms with van der Waals surface area (Å²) in [6, 6.07) is 5.20. The number of likely N-dealkylation sites (tertiary alicyclic amines) is 1. The van der Waals surface area contributed by atoms with Crippen molar-refractivity contribution < 1.29 is 27.2 Å². The molecule has 3 aliphatic rings. The Morgan fingerprint density at radius 3 is 2.13 bits per heavy atom. The topological polar surface area (TPSA) is 95.1 Å². The summed E-state index contributed by atoms with van der Waals surface area (Å²) < 4.78 is 40.5. The van der Waals surface area contributed by atoms with Crippen LogP contribution in [-0.2, 0) is 24.4 Å². The molecule has 2 saturated heterocycles. The lowest BCUT2D eigenvalue weighted by Gasteiger charge is -2.34. The van der Waals surface area contributed by atoms with E-state index >= 15 is 0 Å². The van der Waals surface area contributed by atoms with Crippen LogP contribution < -0.4 is 0 Å². The Hall–Kier alpha value is -2.59. The first kappa shape index (κ1) is 21.6. The molecule has 0 spiro atoms. The van der Waals surface area contributed by atoms with Gasteiger partial charge in [-0.25, -0.2) is 12.8 Å². The van der Waals surface area contributed by atoms with E-state index in [1.54, 1.807) is 0 Å². The van der Waals surface area contributed by atoms with Crippen LogP contribution in [0.5, 0.6) is 0 Å². The van der Waals surface area contributed by atoms with Crippen LogP contribution in [0.25, 0.3) is 0 Å². The van der Waals surface area contributed by atoms with Gasteiger partial charge in [-0.15, -0.1) is 0 Å². The van der Waals surface area contributed by atoms with Crippen molar-refractivity contribution in [1.29, 1.82) is 0 Å². The van der Waals surface area contributed by atoms with Gasteiger partial charge < -0.3 is 4.90 Å². The monoisotopic (exact) mass is 449 g/mol. The summed E-state index contributed by atoms with van der Waals surface area (Å²) in [5.41, 5.74) is 0. The number of hydrogen-bond acceptors (Lipinski definition) is 5. The summed E-state index contributed by atoms with van der Waals surface area (Å²) in [4.78, 5) is 39.9. The van der Waals surface area contributed by atoms with Crippen molar-refractivity contribution in [3.63, 3.8) is 0 Å². The number of fused-ring (bicyclic) bond motifs is 1. The van der Waals surface area contributed by atoms with E-state index in [1.165, 1.54) is 32.3 Å². The van der Waals surface area contributed by atoms with Gasteiger partial charge in [0.1, 0.15) is 10.7 Å². The van der Waals surface area contributed by atoms with Crippen molar-refractivity contribution in [1.82, 2.24) is 14.1 Å². The molecule has 0 radical (unpaired) electrons. The summed E-state index contributed by atoms with van der Waals surface area (Å²) >= 11 is 0. The lowest BCUT2D eigenvalue weighted by molar-refractivity contribution is -0.141. The molecule has 1 aliphatic carbocycles. The van der Waals surface area contributed by atoms with Crippen LogP contribution in [0.1, 0.15) is 19.3 Å². The molecule has 2 fully saturated rings. The zero-order valence-corrected chi connectivity index (χ0v) is 17.8. The predicted molar refractivity (Wildman–Crippen MR) is 108 cm³/mol. The maximum Gasteiger partial charge on any atom is 0.246 e. The Morgan fingerprint density at radius 1 is 0.968 bits per heavy atom. The zero-order chi connectivity index (χ0) is 22.2. The van der Waals surface area contributed by atoms with Crippen molar-refractivity contribution in [2.75, 3.05) is 32.7 Å². The second-order valence-corrected chi connectivity index (χ2v) is 9.86. The molecule has 1 aromatic rings. The molecule has 0 bridgehead atoms. The molecule has 2 heterocycles. The lowest BCUT2D eigenvalue weighted by atomic mass is 9.85. The second kappa shape index (κ2) is 8.51. The molecule has 8 nitrogen and oxygen atoms in total. The van der Waals surface area contributed by atoms with E-state index in [9.17, 15) is 27.2 Å². The molecular weight excluding hydrogens is 425 g/mol. The minimum absolute atomic E-state index is 0.00438. The third kappa shape index (κ3) is 4.01. The number of piperazine rings is 1. The summed E-state index contributed by atoms with van der Waals surface area (Å²) in [5, 5.41) is 0. The van der Waals surface area contributed by atoms with Crippen molar-refractivity contribution >= 4 is 27.7 Å². The fraction of sp³-hybridized carbons (Fsp3) is 0.476. The molecular formula is C21H24FN3O5S. The summed E-state index contributed by atoms with van der Waals surface area (Å²) in [7, 11) is -3.98. The molecule has 31 heavy (non-hydrogen) atoms. The Bertz CT molecular complexity index is 1010. The number of halogens is 1. The smallest absolute Gasteiger partial charge is 0.246 e. The molecule has 2 aliphatic heterocycles. The first-order chi connectivity index (χ1) is 14.8. The van der Waals surface area contributed by atoms with E-state index in [1.807, 2.05) is 12.2 Å². The lowest BCUT2D eigenvalue weighted by Crippen LogP contribution is -2.51. The van der Waals surface area contributed by atoms with E-state index in [0.29, 0.717) is 12.8 Å². The highest BCUT2D eigenvalue weighted by Gasteiger charge is 2.47. The molecule has 0 unspecified atom stereocenters. The minimum Gasteiger partial charge on any atom is -0.340 e. The van der Waals surface area contributed by atoms with Crippen LogP contribution in [-0.4, -0.2) is 73.0 Å². The maximum atomic E-state index is 13.9. The standard InChI is InChI=1S/C21H24FN3O5S/c22-17-7-3-4-8-18(17)31(29,30)24-13-11-23(12-14-24)19(26)9-10-25-20(27)15-5-1-2-6-16(15)21(25)28/h1-4,7-8,15-16H,5-6,9-14H2/t15-,16+. The maximum absolute atomic E-state index is 13.9. The molecule has 10 heteroatoms. The fourth-order valence-electron chi connectivity index (χ4n) is 4.43. The highest BCUT2D eigenvalue weighted by molar-refractivity contribution is 7.89. The largest absolute Gasteiger partial charge is 0.340 e. The summed E-state index contributed by atoms with van der Waals surface area (Å²) in [6.45, 7) is 0.490. The molecule has 4 rings (SSSR count). The first-order valence-corrected chi connectivity index (χ1v) is 11.8. The van der Waals surface area contributed by atoms with E-state index in [4.69, 9.17) is 0 Å². The third-order valence-corrected chi connectivity index (χ3v) is 8.13. The molecule has 166 valence electrons. The first-order valence-electron chi connectivity index (χ1n) is 10.3. The van der Waals surface area contributed by atoms with Crippen molar-refractivity contribution in [3.05, 3.63) is 42.2 Å². The van der Waals surface area contributed by atoms with Gasteiger partial charge in [0, 0.05) is 39.1 Å². The van der Waals surface area contributed by atoms with Crippen LogP contribution in [0, 0.1) is 17.7 Å². The van der Waals surface area contributed by atoms with Gasteiger partial charge in [0.15, 0.2) is 0 Å². The van der Waals surface area contributed by atoms with Gasteiger partial charge in [-0.1, -0.05) is 24.3 Å². The SMILES string of the molecule is O=C(CCN1C(=O)[C@H]2CC=CC[C@H]2C1=O)N1CCN(S(=O)(=O)c2ccccc2F)CC1. The van der Waals surface area contributed by atoms with Gasteiger partial charge in [0.25, 0.3) is 0 Å². The van der Waals surface area contributed by atoms with Gasteiger partial charge in [-0.2, -0.15) is 4.31 Å². The molecule has 0 saturated carbocycles. The minimum atomic E-state index is -3.98. The molecule has 2 atom stereocenters. The van der Waals surface area contributed by atoms with Gasteiger partial charge in [0.2, 0.25) is 27.7 Å². The number of carbonyl (C=O) groups excluding carboxylic acids is 3. The van der Waals surface area contributed by atoms with E-state index < -0.39 is 15.8 Å². The van der Waals surface area contributed by atoms with Crippen LogP contribution in [0.2, 0.25) is 0 Å². The number of allylic oxidation sites excluding steroid dienone is 2. The van der Waals surface area contributed by atoms with E-state index in [0.717, 1.165) is 6.07 Å². The van der Waals surface area contributed by atoms with E-state index in [-0.39, 0.29) is 73.6 Å². The van der Waals surface area contributed by atoms with Crippen LogP contribution in [0.4, 0.5) is 4.39 Å². The number of amides is 3. The molecule has 0 aromatic heterocycles. The highest BCUT2D eigenvalue weighted by atomic mass is 32.2. The molecule has 0 N–H and O–H groups in total. The quantitative estimate of drug-likeness (QED) is 0.494. The Balaban J connectivity index is 1.31. The number of rotatable bonds is 5. The highest BCUT2D eigenvalue weighted by Crippen LogP contribution is 2.35. The van der Waals surface area contributed by atoms with Crippen molar-refractivity contribution in [3.8, 4) is 0 Å². The Morgan fingerprint density at radius 2 is 1.55 bits per heavy atom. The van der Waals surface area contributed by atoms with E-state index in [2.05, 4.69) is 0 Å². The Kier molecular flexibility index (Phi) is 5.94. The van der Waals surface area contributed by atoms with Crippen LogP contribution in [0.15, 0.2) is 41.3 Å². The average Bonchev–Trinajstić information content (AvgIpc) is 3.02.